The molecule has 0 aliphatic carbocycles. The first-order valence-corrected chi connectivity index (χ1v) is 36.8. The Bertz CT molecular complexity index is 1310. The molecule has 6 nitrogen and oxygen atoms in total. The summed E-state index contributed by atoms with van der Waals surface area (Å²) in [5.41, 5.74) is 0. The standard InChI is InChI=1S/C75H142O6/c1-4-7-10-13-16-19-21-23-25-27-29-31-32-33-34-35-36-37-38-39-40-41-42-43-45-46-48-50-52-54-56-59-62-65-68-74(77)80-71-72(70-79-73(76)67-64-61-58-18-15-12-9-6-3)81-75(78)69-66-63-60-57-55-53-51-49-47-44-30-28-26-24-22-20-17-14-11-8-5-2/h22,24,28,30,72H,4-21,23,25-27,29,31-71H2,1-3H3/b24-22-,30-28-. The summed E-state index contributed by atoms with van der Waals surface area (Å²) in [5, 5.41) is 0. The molecule has 478 valence electrons. The number of carbonyl (C=O) groups excluding carboxylic acids is 3. The zero-order chi connectivity index (χ0) is 58.5. The maximum atomic E-state index is 12.9. The van der Waals surface area contributed by atoms with E-state index in [4.69, 9.17) is 14.2 Å². The molecule has 0 saturated carbocycles. The quantitative estimate of drug-likeness (QED) is 0.0261. The minimum atomic E-state index is -0.769. The van der Waals surface area contributed by atoms with Crippen LogP contribution in [0.2, 0.25) is 0 Å². The fourth-order valence-electron chi connectivity index (χ4n) is 11.4. The first kappa shape index (κ1) is 78.9. The van der Waals surface area contributed by atoms with E-state index in [1.807, 2.05) is 0 Å². The fraction of sp³-hybridized carbons (Fsp3) is 0.907. The number of allylic oxidation sites excluding steroid dienone is 4. The van der Waals surface area contributed by atoms with Crippen LogP contribution in [-0.4, -0.2) is 37.2 Å². The molecule has 1 atom stereocenters. The van der Waals surface area contributed by atoms with Gasteiger partial charge in [0.2, 0.25) is 0 Å². The second kappa shape index (κ2) is 70.4. The molecule has 0 aromatic carbocycles. The van der Waals surface area contributed by atoms with Crippen LogP contribution in [0.25, 0.3) is 0 Å². The van der Waals surface area contributed by atoms with Crippen molar-refractivity contribution >= 4 is 17.9 Å². The summed E-state index contributed by atoms with van der Waals surface area (Å²) in [7, 11) is 0. The van der Waals surface area contributed by atoms with Gasteiger partial charge in [0, 0.05) is 19.3 Å². The van der Waals surface area contributed by atoms with Crippen molar-refractivity contribution in [3.63, 3.8) is 0 Å². The molecule has 0 aliphatic rings. The number of rotatable bonds is 69. The SMILES string of the molecule is CCCCCCC/C=C\C/C=C\CCCCCCCCCCCC(=O)OC(COC(=O)CCCCCCCCCC)COC(=O)CCCCCCCCCCCCCCCCCCCCCCCCCCCCCCCCCCCC. The molecule has 0 N–H and O–H groups in total. The molecule has 0 heterocycles. The van der Waals surface area contributed by atoms with Crippen molar-refractivity contribution in [2.45, 2.75) is 425 Å². The number of esters is 3. The molecule has 0 radical (unpaired) electrons. The Morgan fingerprint density at radius 1 is 0.247 bits per heavy atom. The van der Waals surface area contributed by atoms with Gasteiger partial charge in [-0.2, -0.15) is 0 Å². The summed E-state index contributed by atoms with van der Waals surface area (Å²) in [6, 6.07) is 0. The normalized spacial score (nSPS) is 12.1. The van der Waals surface area contributed by atoms with Crippen molar-refractivity contribution < 1.29 is 28.6 Å². The molecule has 1 unspecified atom stereocenters. The summed E-state index contributed by atoms with van der Waals surface area (Å²) < 4.78 is 16.9. The first-order valence-electron chi connectivity index (χ1n) is 36.8. The van der Waals surface area contributed by atoms with Gasteiger partial charge in [0.15, 0.2) is 6.10 Å². The van der Waals surface area contributed by atoms with Crippen LogP contribution >= 0.6 is 0 Å². The maximum absolute atomic E-state index is 12.9. The highest BCUT2D eigenvalue weighted by atomic mass is 16.6. The molecule has 6 heteroatoms. The van der Waals surface area contributed by atoms with Crippen molar-refractivity contribution in [3.05, 3.63) is 24.3 Å². The number of carbonyl (C=O) groups is 3. The largest absolute Gasteiger partial charge is 0.462 e. The van der Waals surface area contributed by atoms with E-state index < -0.39 is 6.10 Å². The number of hydrogen-bond donors (Lipinski definition) is 0. The third-order valence-corrected chi connectivity index (χ3v) is 17.0. The molecule has 0 aromatic heterocycles. The topological polar surface area (TPSA) is 78.9 Å². The smallest absolute Gasteiger partial charge is 0.306 e. The van der Waals surface area contributed by atoms with Gasteiger partial charge >= 0.3 is 17.9 Å². The zero-order valence-corrected chi connectivity index (χ0v) is 55.1. The summed E-state index contributed by atoms with van der Waals surface area (Å²) in [4.78, 5) is 38.2. The highest BCUT2D eigenvalue weighted by Gasteiger charge is 2.20. The van der Waals surface area contributed by atoms with Crippen LogP contribution < -0.4 is 0 Å². The monoisotopic (exact) mass is 1140 g/mol. The molecule has 0 bridgehead atoms. The van der Waals surface area contributed by atoms with Gasteiger partial charge in [-0.15, -0.1) is 0 Å². The molecule has 0 saturated heterocycles. The van der Waals surface area contributed by atoms with E-state index in [9.17, 15) is 14.4 Å². The molecular formula is C75H142O6. The summed E-state index contributed by atoms with van der Waals surface area (Å²) in [6.45, 7) is 6.67. The van der Waals surface area contributed by atoms with Crippen LogP contribution in [-0.2, 0) is 28.6 Å². The lowest BCUT2D eigenvalue weighted by molar-refractivity contribution is -0.167. The molecule has 81 heavy (non-hydrogen) atoms. The molecule has 0 aliphatic heterocycles. The van der Waals surface area contributed by atoms with Gasteiger partial charge < -0.3 is 14.2 Å². The van der Waals surface area contributed by atoms with E-state index in [0.717, 1.165) is 64.2 Å². The summed E-state index contributed by atoms with van der Waals surface area (Å²) in [6.07, 6.45) is 86.9. The highest BCUT2D eigenvalue weighted by Crippen LogP contribution is 2.19. The van der Waals surface area contributed by atoms with E-state index >= 15 is 0 Å². The van der Waals surface area contributed by atoms with Gasteiger partial charge in [0.05, 0.1) is 0 Å². The van der Waals surface area contributed by atoms with Crippen molar-refractivity contribution in [1.29, 1.82) is 0 Å². The van der Waals surface area contributed by atoms with Gasteiger partial charge in [-0.25, -0.2) is 0 Å². The summed E-state index contributed by atoms with van der Waals surface area (Å²) >= 11 is 0. The van der Waals surface area contributed by atoms with Crippen LogP contribution in [0.5, 0.6) is 0 Å². The molecule has 0 fully saturated rings. The van der Waals surface area contributed by atoms with E-state index in [1.54, 1.807) is 0 Å². The number of hydrogen-bond acceptors (Lipinski definition) is 6. The summed E-state index contributed by atoms with van der Waals surface area (Å²) in [5.74, 6) is -0.848. The molecular weight excluding hydrogens is 997 g/mol. The Morgan fingerprint density at radius 2 is 0.444 bits per heavy atom. The Hall–Kier alpha value is -2.11. The van der Waals surface area contributed by atoms with Crippen LogP contribution in [0.3, 0.4) is 0 Å². The van der Waals surface area contributed by atoms with Crippen LogP contribution in [0.1, 0.15) is 419 Å². The molecule has 0 rings (SSSR count). The molecule has 0 amide bonds. The van der Waals surface area contributed by atoms with Crippen molar-refractivity contribution in [3.8, 4) is 0 Å². The molecule has 0 spiro atoms. The Labute approximate surface area is 506 Å². The van der Waals surface area contributed by atoms with E-state index in [1.165, 1.54) is 315 Å². The first-order chi connectivity index (χ1) is 40.0. The minimum Gasteiger partial charge on any atom is -0.462 e. The highest BCUT2D eigenvalue weighted by molar-refractivity contribution is 5.71. The Morgan fingerprint density at radius 3 is 0.679 bits per heavy atom. The fourth-order valence-corrected chi connectivity index (χ4v) is 11.4. The van der Waals surface area contributed by atoms with Gasteiger partial charge in [-0.05, 0) is 51.4 Å². The van der Waals surface area contributed by atoms with Crippen molar-refractivity contribution in [2.24, 2.45) is 0 Å². The minimum absolute atomic E-state index is 0.0672. The van der Waals surface area contributed by atoms with Crippen LogP contribution in [0, 0.1) is 0 Å². The lowest BCUT2D eigenvalue weighted by Gasteiger charge is -2.18. The number of unbranched alkanes of at least 4 members (excludes halogenated alkanes) is 54. The zero-order valence-electron chi connectivity index (χ0n) is 55.1. The van der Waals surface area contributed by atoms with E-state index in [-0.39, 0.29) is 31.1 Å². The van der Waals surface area contributed by atoms with E-state index in [2.05, 4.69) is 45.1 Å². The van der Waals surface area contributed by atoms with Gasteiger partial charge in [0.1, 0.15) is 13.2 Å². The predicted molar refractivity (Wildman–Crippen MR) is 353 cm³/mol. The van der Waals surface area contributed by atoms with Crippen LogP contribution in [0.15, 0.2) is 24.3 Å². The van der Waals surface area contributed by atoms with Gasteiger partial charge in [-0.1, -0.05) is 373 Å². The Balaban J connectivity index is 3.97. The predicted octanol–water partition coefficient (Wildman–Crippen LogP) is 25.3. The third kappa shape index (κ3) is 68.6. The third-order valence-electron chi connectivity index (χ3n) is 17.0. The lowest BCUT2D eigenvalue weighted by Crippen LogP contribution is -2.30. The van der Waals surface area contributed by atoms with E-state index in [0.29, 0.717) is 19.3 Å². The Kier molecular flexibility index (Phi) is 68.5. The second-order valence-electron chi connectivity index (χ2n) is 25.2. The lowest BCUT2D eigenvalue weighted by atomic mass is 10.0. The average Bonchev–Trinajstić information content (AvgIpc) is 3.47. The van der Waals surface area contributed by atoms with Gasteiger partial charge in [0.25, 0.3) is 0 Å². The average molecular weight is 1140 g/mol. The van der Waals surface area contributed by atoms with Crippen molar-refractivity contribution in [1.82, 2.24) is 0 Å². The van der Waals surface area contributed by atoms with Gasteiger partial charge in [-0.3, -0.25) is 14.4 Å². The number of ether oxygens (including phenoxy) is 3. The second-order valence-corrected chi connectivity index (χ2v) is 25.2. The van der Waals surface area contributed by atoms with Crippen molar-refractivity contribution in [2.75, 3.05) is 13.2 Å². The maximum Gasteiger partial charge on any atom is 0.306 e. The molecule has 0 aromatic rings. The van der Waals surface area contributed by atoms with Crippen LogP contribution in [0.4, 0.5) is 0 Å².